The fourth-order valence-electron chi connectivity index (χ4n) is 2.09. The average Bonchev–Trinajstić information content (AvgIpc) is 2.47. The first kappa shape index (κ1) is 21.0. The van der Waals surface area contributed by atoms with E-state index in [4.69, 9.17) is 0 Å². The number of carboxylic acid groups (broad SMARTS) is 1. The van der Waals surface area contributed by atoms with Gasteiger partial charge in [0, 0.05) is 12.8 Å². The van der Waals surface area contributed by atoms with E-state index in [9.17, 15) is 24.6 Å². The number of imide groups is 1. The highest BCUT2D eigenvalue weighted by Crippen LogP contribution is 2.27. The first-order valence-corrected chi connectivity index (χ1v) is 8.41. The zero-order valence-corrected chi connectivity index (χ0v) is 14.7. The van der Waals surface area contributed by atoms with Crippen molar-refractivity contribution >= 4 is 27.0 Å². The number of carbonyl (C=O) groups excluding carboxylic acids is 2. The Labute approximate surface area is 134 Å². The van der Waals surface area contributed by atoms with Crippen LogP contribution in [0.5, 0.6) is 0 Å². The van der Waals surface area contributed by atoms with Crippen LogP contribution >= 0.6 is 9.24 Å². The van der Waals surface area contributed by atoms with Gasteiger partial charge in [0.1, 0.15) is 0 Å². The van der Waals surface area contributed by atoms with E-state index >= 15 is 0 Å². The number of hydrogen-bond acceptors (Lipinski definition) is 4. The van der Waals surface area contributed by atoms with Crippen molar-refractivity contribution in [3.05, 3.63) is 0 Å². The Morgan fingerprint density at radius 1 is 0.955 bits per heavy atom. The molecule has 0 rings (SSSR count). The zero-order chi connectivity index (χ0) is 17.2. The molecule has 0 spiro atoms. The van der Waals surface area contributed by atoms with Crippen LogP contribution in [0.4, 0.5) is 0 Å². The Bertz CT molecular complexity index is 366. The van der Waals surface area contributed by atoms with Gasteiger partial charge in [-0.05, 0) is 12.8 Å². The van der Waals surface area contributed by atoms with Gasteiger partial charge in [-0.25, -0.2) is 4.79 Å². The molecule has 128 valence electrons. The molecule has 0 aliphatic heterocycles. The third kappa shape index (κ3) is 6.01. The molecule has 0 saturated heterocycles. The molecule has 0 bridgehead atoms. The number of aliphatic hydroxyl groups excluding tert-OH is 1. The number of unbranched alkanes of at least 4 members (excludes halogenated alkanes) is 4. The van der Waals surface area contributed by atoms with Gasteiger partial charge < -0.3 is 10.2 Å². The fraction of sp³-hybridized carbons (Fsp3) is 0.800. The largest absolute Gasteiger partial charge is 0.479 e. The van der Waals surface area contributed by atoms with Gasteiger partial charge in [-0.1, -0.05) is 48.8 Å². The smallest absolute Gasteiger partial charge is 0.336 e. The molecule has 0 aromatic heterocycles. The SMILES string of the molecule is CCCCCC(=O)N(C(=O)CCCCC)C(P)(CO)C(=O)O. The van der Waals surface area contributed by atoms with Crippen molar-refractivity contribution in [3.63, 3.8) is 0 Å². The molecule has 2 atom stereocenters. The van der Waals surface area contributed by atoms with Gasteiger partial charge in [-0.3, -0.25) is 14.5 Å². The van der Waals surface area contributed by atoms with Crippen LogP contribution in [0.2, 0.25) is 0 Å². The van der Waals surface area contributed by atoms with Crippen molar-refractivity contribution in [1.82, 2.24) is 4.90 Å². The molecule has 0 heterocycles. The van der Waals surface area contributed by atoms with Gasteiger partial charge in [0.05, 0.1) is 6.61 Å². The van der Waals surface area contributed by atoms with Crippen molar-refractivity contribution in [2.75, 3.05) is 6.61 Å². The van der Waals surface area contributed by atoms with Crippen LogP contribution in [0.3, 0.4) is 0 Å². The minimum atomic E-state index is -1.98. The normalized spacial score (nSPS) is 13.5. The van der Waals surface area contributed by atoms with Gasteiger partial charge in [0.2, 0.25) is 11.8 Å². The molecular weight excluding hydrogens is 305 g/mol. The van der Waals surface area contributed by atoms with E-state index in [1.165, 1.54) is 0 Å². The van der Waals surface area contributed by atoms with Gasteiger partial charge in [0.25, 0.3) is 0 Å². The summed E-state index contributed by atoms with van der Waals surface area (Å²) in [6.45, 7) is 3.15. The maximum absolute atomic E-state index is 12.3. The number of carboxylic acids is 1. The second-order valence-electron chi connectivity index (χ2n) is 5.42. The highest BCUT2D eigenvalue weighted by atomic mass is 31.0. The minimum Gasteiger partial charge on any atom is -0.479 e. The van der Waals surface area contributed by atoms with Gasteiger partial charge in [-0.15, -0.1) is 0 Å². The van der Waals surface area contributed by atoms with Crippen LogP contribution in [-0.2, 0) is 14.4 Å². The van der Waals surface area contributed by atoms with Crippen LogP contribution in [0.25, 0.3) is 0 Å². The molecule has 7 heteroatoms. The lowest BCUT2D eigenvalue weighted by atomic mass is 10.1. The first-order valence-electron chi connectivity index (χ1n) is 7.84. The van der Waals surface area contributed by atoms with Gasteiger partial charge >= 0.3 is 5.97 Å². The van der Waals surface area contributed by atoms with Crippen molar-refractivity contribution in [2.45, 2.75) is 70.5 Å². The predicted molar refractivity (Wildman–Crippen MR) is 87.3 cm³/mol. The summed E-state index contributed by atoms with van der Waals surface area (Å²) in [6, 6.07) is 0. The maximum atomic E-state index is 12.3. The number of carbonyl (C=O) groups is 3. The molecule has 0 aliphatic carbocycles. The topological polar surface area (TPSA) is 94.9 Å². The lowest BCUT2D eigenvalue weighted by Crippen LogP contribution is -2.57. The third-order valence-corrected chi connectivity index (χ3v) is 4.19. The molecule has 2 N–H and O–H groups in total. The van der Waals surface area contributed by atoms with E-state index in [0.717, 1.165) is 30.6 Å². The molecule has 0 aromatic rings. The van der Waals surface area contributed by atoms with E-state index in [2.05, 4.69) is 0 Å². The fourth-order valence-corrected chi connectivity index (χ4v) is 2.38. The molecule has 2 unspecified atom stereocenters. The molecular formula is C15H28NO5P. The maximum Gasteiger partial charge on any atom is 0.336 e. The Kier molecular flexibility index (Phi) is 10.2. The summed E-state index contributed by atoms with van der Waals surface area (Å²) in [7, 11) is 1.95. The van der Waals surface area contributed by atoms with Crippen LogP contribution in [0.1, 0.15) is 65.2 Å². The molecule has 0 fully saturated rings. The molecule has 0 aliphatic rings. The summed E-state index contributed by atoms with van der Waals surface area (Å²) in [5.74, 6) is -2.49. The van der Waals surface area contributed by atoms with Crippen molar-refractivity contribution < 1.29 is 24.6 Å². The highest BCUT2D eigenvalue weighted by Gasteiger charge is 2.45. The Morgan fingerprint density at radius 3 is 1.64 bits per heavy atom. The molecule has 2 amide bonds. The van der Waals surface area contributed by atoms with E-state index in [0.29, 0.717) is 12.8 Å². The summed E-state index contributed by atoms with van der Waals surface area (Å²) < 4.78 is 0. The van der Waals surface area contributed by atoms with Gasteiger partial charge in [0.15, 0.2) is 5.28 Å². The van der Waals surface area contributed by atoms with Crippen LogP contribution in [-0.4, -0.2) is 44.8 Å². The number of amides is 2. The van der Waals surface area contributed by atoms with E-state index < -0.39 is 29.7 Å². The number of rotatable bonds is 11. The lowest BCUT2D eigenvalue weighted by molar-refractivity contribution is -0.162. The Balaban J connectivity index is 5.16. The second-order valence-corrected chi connectivity index (χ2v) is 6.38. The average molecular weight is 333 g/mol. The number of aliphatic carboxylic acids is 1. The molecule has 6 nitrogen and oxygen atoms in total. The molecule has 22 heavy (non-hydrogen) atoms. The minimum absolute atomic E-state index is 0.108. The number of hydrogen-bond donors (Lipinski definition) is 2. The summed E-state index contributed by atoms with van der Waals surface area (Å²) in [4.78, 5) is 36.8. The van der Waals surface area contributed by atoms with Gasteiger partial charge in [-0.2, -0.15) is 0 Å². The number of nitrogens with zero attached hydrogens (tertiary/aromatic N) is 1. The van der Waals surface area contributed by atoms with Crippen molar-refractivity contribution in [3.8, 4) is 0 Å². The monoisotopic (exact) mass is 333 g/mol. The van der Waals surface area contributed by atoms with Crippen LogP contribution in [0.15, 0.2) is 0 Å². The molecule has 0 radical (unpaired) electrons. The first-order chi connectivity index (χ1) is 10.3. The molecule has 0 aromatic carbocycles. The summed E-state index contributed by atoms with van der Waals surface area (Å²) in [6.07, 6.45) is 4.91. The zero-order valence-electron chi connectivity index (χ0n) is 13.5. The van der Waals surface area contributed by atoms with E-state index in [1.807, 2.05) is 23.1 Å². The Morgan fingerprint density at radius 2 is 1.36 bits per heavy atom. The van der Waals surface area contributed by atoms with Crippen LogP contribution < -0.4 is 0 Å². The summed E-state index contributed by atoms with van der Waals surface area (Å²) >= 11 is 0. The summed E-state index contributed by atoms with van der Waals surface area (Å²) in [5, 5.41) is 16.8. The Hall–Kier alpha value is -1.00. The molecule has 0 saturated carbocycles. The van der Waals surface area contributed by atoms with Crippen molar-refractivity contribution in [1.29, 1.82) is 0 Å². The standard InChI is InChI=1S/C15H28NO5P/c1-3-5-7-9-12(18)16(13(19)10-8-6-4-2)15(22,11-17)14(20)21/h17H,3-11,22H2,1-2H3,(H,20,21). The highest BCUT2D eigenvalue weighted by molar-refractivity contribution is 7.21. The second kappa shape index (κ2) is 10.7. The lowest BCUT2D eigenvalue weighted by Gasteiger charge is -2.34. The van der Waals surface area contributed by atoms with E-state index in [-0.39, 0.29) is 12.8 Å². The summed E-state index contributed by atoms with van der Waals surface area (Å²) in [5.41, 5.74) is 0. The third-order valence-electron chi connectivity index (χ3n) is 3.50. The quantitative estimate of drug-likeness (QED) is 0.446. The number of aliphatic hydroxyl groups is 1. The van der Waals surface area contributed by atoms with E-state index in [1.54, 1.807) is 0 Å². The predicted octanol–water partition coefficient (Wildman–Crippen LogP) is 2.15. The van der Waals surface area contributed by atoms with Crippen LogP contribution in [0, 0.1) is 0 Å². The van der Waals surface area contributed by atoms with Crippen molar-refractivity contribution in [2.24, 2.45) is 0 Å².